The molecule has 1 saturated heterocycles. The quantitative estimate of drug-likeness (QED) is 0.756. The van der Waals surface area contributed by atoms with Crippen LogP contribution in [0.1, 0.15) is 23.2 Å². The van der Waals surface area contributed by atoms with Crippen molar-refractivity contribution in [3.8, 4) is 5.75 Å². The molecule has 0 bridgehead atoms. The highest BCUT2D eigenvalue weighted by Crippen LogP contribution is 2.22. The normalized spacial score (nSPS) is 16.5. The lowest BCUT2D eigenvalue weighted by Crippen LogP contribution is -2.16. The van der Waals surface area contributed by atoms with E-state index in [9.17, 15) is 4.79 Å². The van der Waals surface area contributed by atoms with E-state index in [2.05, 4.69) is 10.3 Å². The number of ether oxygens (including phenoxy) is 2. The maximum absolute atomic E-state index is 12.5. The Morgan fingerprint density at radius 1 is 1.15 bits per heavy atom. The fraction of sp³-hybridized carbons (Fsp3) is 0.238. The number of nitrogens with one attached hydrogen (secondary N) is 1. The van der Waals surface area contributed by atoms with E-state index in [1.165, 1.54) is 0 Å². The summed E-state index contributed by atoms with van der Waals surface area (Å²) in [5, 5.41) is 3.87. The lowest BCUT2D eigenvalue weighted by molar-refractivity contribution is 0.0679. The van der Waals surface area contributed by atoms with Gasteiger partial charge in [0.25, 0.3) is 5.91 Å². The average molecular weight is 348 g/mol. The van der Waals surface area contributed by atoms with Gasteiger partial charge in [-0.25, -0.2) is 0 Å². The first kappa shape index (κ1) is 16.5. The first-order chi connectivity index (χ1) is 12.8. The molecule has 1 N–H and O–H groups in total. The summed E-state index contributed by atoms with van der Waals surface area (Å²) in [7, 11) is 0. The molecule has 0 spiro atoms. The number of nitrogens with zero attached hydrogens (tertiary/aromatic N) is 1. The molecule has 2 aromatic carbocycles. The summed E-state index contributed by atoms with van der Waals surface area (Å²) >= 11 is 0. The van der Waals surface area contributed by atoms with Crippen LogP contribution in [0.4, 0.5) is 5.69 Å². The molecule has 0 saturated carbocycles. The van der Waals surface area contributed by atoms with E-state index in [0.717, 1.165) is 41.8 Å². The zero-order valence-electron chi connectivity index (χ0n) is 14.4. The lowest BCUT2D eigenvalue weighted by atomic mass is 10.1. The Morgan fingerprint density at radius 2 is 2.04 bits per heavy atom. The summed E-state index contributed by atoms with van der Waals surface area (Å²) in [6, 6.07) is 16.6. The highest BCUT2D eigenvalue weighted by Gasteiger charge is 2.16. The fourth-order valence-corrected chi connectivity index (χ4v) is 3.07. The molecule has 1 aromatic heterocycles. The lowest BCUT2D eigenvalue weighted by Gasteiger charge is -2.12. The van der Waals surface area contributed by atoms with Crippen molar-refractivity contribution in [1.82, 2.24) is 4.98 Å². The van der Waals surface area contributed by atoms with E-state index in [1.54, 1.807) is 18.3 Å². The molecule has 1 atom stereocenters. The predicted octanol–water partition coefficient (Wildman–Crippen LogP) is 4.04. The predicted molar refractivity (Wildman–Crippen MR) is 101 cm³/mol. The highest BCUT2D eigenvalue weighted by molar-refractivity contribution is 6.08. The standard InChI is InChI=1S/C21H20N2O3/c24-21(23-20-7-1-6-19-18(20)5-2-12-22-19)15-8-10-16(11-9-15)26-14-17-4-3-13-25-17/h1-2,5-12,17H,3-4,13-14H2,(H,23,24)/t17-/m0/s1. The summed E-state index contributed by atoms with van der Waals surface area (Å²) in [5.74, 6) is 0.582. The molecule has 1 fully saturated rings. The third-order valence-electron chi connectivity index (χ3n) is 4.47. The van der Waals surface area contributed by atoms with Crippen LogP contribution in [-0.2, 0) is 4.74 Å². The van der Waals surface area contributed by atoms with Gasteiger partial charge in [-0.2, -0.15) is 0 Å². The van der Waals surface area contributed by atoms with Crippen LogP contribution in [0.3, 0.4) is 0 Å². The molecular formula is C21H20N2O3. The van der Waals surface area contributed by atoms with E-state index >= 15 is 0 Å². The van der Waals surface area contributed by atoms with Crippen molar-refractivity contribution in [3.05, 3.63) is 66.4 Å². The molecule has 1 aliphatic heterocycles. The highest BCUT2D eigenvalue weighted by atomic mass is 16.5. The molecule has 4 rings (SSSR count). The summed E-state index contributed by atoms with van der Waals surface area (Å²) in [6.07, 6.45) is 4.05. The summed E-state index contributed by atoms with van der Waals surface area (Å²) < 4.78 is 11.3. The van der Waals surface area contributed by atoms with Gasteiger partial charge < -0.3 is 14.8 Å². The van der Waals surface area contributed by atoms with Gasteiger partial charge in [0.05, 0.1) is 17.3 Å². The third kappa shape index (κ3) is 3.68. The largest absolute Gasteiger partial charge is 0.491 e. The first-order valence-electron chi connectivity index (χ1n) is 8.79. The Labute approximate surface area is 152 Å². The minimum Gasteiger partial charge on any atom is -0.491 e. The summed E-state index contributed by atoms with van der Waals surface area (Å²) in [4.78, 5) is 16.9. The van der Waals surface area contributed by atoms with Crippen LogP contribution in [0.2, 0.25) is 0 Å². The molecule has 5 nitrogen and oxygen atoms in total. The maximum Gasteiger partial charge on any atom is 0.255 e. The second kappa shape index (κ2) is 7.54. The van der Waals surface area contributed by atoms with Crippen molar-refractivity contribution in [2.75, 3.05) is 18.5 Å². The van der Waals surface area contributed by atoms with Gasteiger partial charge in [0.15, 0.2) is 0 Å². The smallest absolute Gasteiger partial charge is 0.255 e. The van der Waals surface area contributed by atoms with Crippen LogP contribution in [-0.4, -0.2) is 30.2 Å². The number of anilines is 1. The topological polar surface area (TPSA) is 60.5 Å². The van der Waals surface area contributed by atoms with Crippen molar-refractivity contribution in [2.24, 2.45) is 0 Å². The first-order valence-corrected chi connectivity index (χ1v) is 8.79. The molecular weight excluding hydrogens is 328 g/mol. The minimum absolute atomic E-state index is 0.160. The van der Waals surface area contributed by atoms with Crippen LogP contribution >= 0.6 is 0 Å². The Balaban J connectivity index is 1.42. The van der Waals surface area contributed by atoms with E-state index < -0.39 is 0 Å². The maximum atomic E-state index is 12.5. The Kier molecular flexibility index (Phi) is 4.80. The van der Waals surface area contributed by atoms with Crippen LogP contribution in [0.15, 0.2) is 60.8 Å². The zero-order valence-corrected chi connectivity index (χ0v) is 14.4. The van der Waals surface area contributed by atoms with Crippen molar-refractivity contribution < 1.29 is 14.3 Å². The number of carbonyl (C=O) groups excluding carboxylic acids is 1. The third-order valence-corrected chi connectivity index (χ3v) is 4.47. The molecule has 1 amide bonds. The number of benzene rings is 2. The van der Waals surface area contributed by atoms with Crippen LogP contribution < -0.4 is 10.1 Å². The van der Waals surface area contributed by atoms with E-state index in [-0.39, 0.29) is 12.0 Å². The van der Waals surface area contributed by atoms with E-state index in [0.29, 0.717) is 12.2 Å². The second-order valence-electron chi connectivity index (χ2n) is 6.30. The molecule has 1 aliphatic rings. The van der Waals surface area contributed by atoms with Crippen LogP contribution in [0, 0.1) is 0 Å². The molecule has 0 radical (unpaired) electrons. The number of rotatable bonds is 5. The molecule has 0 aliphatic carbocycles. The summed E-state index contributed by atoms with van der Waals surface area (Å²) in [6.45, 7) is 1.37. The van der Waals surface area contributed by atoms with Crippen LogP contribution in [0.25, 0.3) is 10.9 Å². The molecule has 2 heterocycles. The molecule has 3 aromatic rings. The van der Waals surface area contributed by atoms with Crippen LogP contribution in [0.5, 0.6) is 5.75 Å². The summed E-state index contributed by atoms with van der Waals surface area (Å²) in [5.41, 5.74) is 2.18. The molecule has 26 heavy (non-hydrogen) atoms. The second-order valence-corrected chi connectivity index (χ2v) is 6.30. The van der Waals surface area contributed by atoms with Gasteiger partial charge in [-0.05, 0) is 61.4 Å². The van der Waals surface area contributed by atoms with Gasteiger partial charge in [-0.15, -0.1) is 0 Å². The monoisotopic (exact) mass is 348 g/mol. The van der Waals surface area contributed by atoms with E-state index in [4.69, 9.17) is 9.47 Å². The fourth-order valence-electron chi connectivity index (χ4n) is 3.07. The van der Waals surface area contributed by atoms with Crippen molar-refractivity contribution in [3.63, 3.8) is 0 Å². The van der Waals surface area contributed by atoms with Gasteiger partial charge in [-0.3, -0.25) is 9.78 Å². The van der Waals surface area contributed by atoms with Crippen molar-refractivity contribution in [2.45, 2.75) is 18.9 Å². The zero-order chi connectivity index (χ0) is 17.8. The number of hydrogen-bond acceptors (Lipinski definition) is 4. The SMILES string of the molecule is O=C(Nc1cccc2ncccc12)c1ccc(OC[C@@H]2CCCO2)cc1. The van der Waals surface area contributed by atoms with Gasteiger partial charge in [0.2, 0.25) is 0 Å². The molecule has 132 valence electrons. The van der Waals surface area contributed by atoms with Gasteiger partial charge in [0.1, 0.15) is 12.4 Å². The average Bonchev–Trinajstić information content (AvgIpc) is 3.21. The van der Waals surface area contributed by atoms with E-state index in [1.807, 2.05) is 42.5 Å². The number of aromatic nitrogens is 1. The Bertz CT molecular complexity index is 897. The number of amides is 1. The number of pyridine rings is 1. The van der Waals surface area contributed by atoms with Gasteiger partial charge >= 0.3 is 0 Å². The Hall–Kier alpha value is -2.92. The van der Waals surface area contributed by atoms with Crippen molar-refractivity contribution >= 4 is 22.5 Å². The van der Waals surface area contributed by atoms with Gasteiger partial charge in [0, 0.05) is 23.8 Å². The van der Waals surface area contributed by atoms with Crippen molar-refractivity contribution in [1.29, 1.82) is 0 Å². The number of fused-ring (bicyclic) bond motifs is 1. The number of carbonyl (C=O) groups is 1. The number of hydrogen-bond donors (Lipinski definition) is 1. The van der Waals surface area contributed by atoms with Gasteiger partial charge in [-0.1, -0.05) is 6.07 Å². The Morgan fingerprint density at radius 3 is 2.85 bits per heavy atom. The minimum atomic E-state index is -0.160. The molecule has 0 unspecified atom stereocenters. The molecule has 5 heteroatoms.